The number of carbonyl (C=O) groups is 1. The summed E-state index contributed by atoms with van der Waals surface area (Å²) in [6.07, 6.45) is 6.67. The molecular formula is C20H32O4. The van der Waals surface area contributed by atoms with Crippen LogP contribution in [0.15, 0.2) is 18.2 Å². The standard InChI is InChI=1S/C20H32O4/c1-5-7-9-15(3)23-18-12-11-17(14-20(21)22)13-19(18)24-16(4)10-8-6-2/h11-13,15-16H,5-10,14H2,1-4H3,(H,21,22). The van der Waals surface area contributed by atoms with Gasteiger partial charge in [-0.2, -0.15) is 0 Å². The largest absolute Gasteiger partial charge is 0.487 e. The van der Waals surface area contributed by atoms with Crippen LogP contribution in [0.5, 0.6) is 11.5 Å². The molecule has 1 aromatic carbocycles. The molecule has 0 amide bonds. The second-order valence-corrected chi connectivity index (χ2v) is 6.49. The Balaban J connectivity index is 2.87. The fraction of sp³-hybridized carbons (Fsp3) is 0.650. The number of carboxylic acids is 1. The lowest BCUT2D eigenvalue weighted by atomic mass is 10.1. The second-order valence-electron chi connectivity index (χ2n) is 6.49. The van der Waals surface area contributed by atoms with E-state index in [1.807, 2.05) is 13.0 Å². The number of hydrogen-bond donors (Lipinski definition) is 1. The molecule has 0 aliphatic heterocycles. The van der Waals surface area contributed by atoms with Crippen molar-refractivity contribution < 1.29 is 19.4 Å². The average Bonchev–Trinajstić information content (AvgIpc) is 2.52. The Morgan fingerprint density at radius 3 is 2.04 bits per heavy atom. The van der Waals surface area contributed by atoms with Crippen molar-refractivity contribution in [2.24, 2.45) is 0 Å². The number of carboxylic acid groups (broad SMARTS) is 1. The Bertz CT molecular complexity index is 498. The Labute approximate surface area is 146 Å². The van der Waals surface area contributed by atoms with Gasteiger partial charge in [0, 0.05) is 0 Å². The van der Waals surface area contributed by atoms with Gasteiger partial charge < -0.3 is 14.6 Å². The van der Waals surface area contributed by atoms with E-state index >= 15 is 0 Å². The first-order valence-electron chi connectivity index (χ1n) is 9.14. The monoisotopic (exact) mass is 336 g/mol. The van der Waals surface area contributed by atoms with Crippen LogP contribution in [-0.2, 0) is 11.2 Å². The lowest BCUT2D eigenvalue weighted by Crippen LogP contribution is -2.16. The number of hydrogen-bond acceptors (Lipinski definition) is 3. The van der Waals surface area contributed by atoms with Gasteiger partial charge in [0.15, 0.2) is 11.5 Å². The van der Waals surface area contributed by atoms with E-state index in [2.05, 4.69) is 20.8 Å². The molecule has 1 aromatic rings. The maximum atomic E-state index is 11.0. The van der Waals surface area contributed by atoms with Crippen LogP contribution in [0.25, 0.3) is 0 Å². The maximum absolute atomic E-state index is 11.0. The van der Waals surface area contributed by atoms with Crippen LogP contribution in [-0.4, -0.2) is 23.3 Å². The highest BCUT2D eigenvalue weighted by molar-refractivity contribution is 5.70. The number of ether oxygens (including phenoxy) is 2. The minimum absolute atomic E-state index is 0.00856. The fourth-order valence-corrected chi connectivity index (χ4v) is 2.56. The zero-order chi connectivity index (χ0) is 17.9. The summed E-state index contributed by atoms with van der Waals surface area (Å²) in [5, 5.41) is 9.00. The quantitative estimate of drug-likeness (QED) is 0.568. The summed E-state index contributed by atoms with van der Waals surface area (Å²) in [5.74, 6) is 0.516. The van der Waals surface area contributed by atoms with E-state index in [0.717, 1.165) is 44.1 Å². The molecule has 0 saturated carbocycles. The van der Waals surface area contributed by atoms with Crippen LogP contribution in [0, 0.1) is 0 Å². The molecule has 0 saturated heterocycles. The molecule has 2 atom stereocenters. The number of aliphatic carboxylic acids is 1. The fourth-order valence-electron chi connectivity index (χ4n) is 2.56. The lowest BCUT2D eigenvalue weighted by Gasteiger charge is -2.21. The van der Waals surface area contributed by atoms with Crippen LogP contribution < -0.4 is 9.47 Å². The van der Waals surface area contributed by atoms with Crippen molar-refractivity contribution in [2.75, 3.05) is 0 Å². The first-order chi connectivity index (χ1) is 11.5. The Kier molecular flexibility index (Phi) is 9.28. The van der Waals surface area contributed by atoms with Crippen molar-refractivity contribution in [1.29, 1.82) is 0 Å². The highest BCUT2D eigenvalue weighted by Crippen LogP contribution is 2.31. The summed E-state index contributed by atoms with van der Waals surface area (Å²) in [6.45, 7) is 8.43. The molecule has 24 heavy (non-hydrogen) atoms. The van der Waals surface area contributed by atoms with Gasteiger partial charge in [-0.1, -0.05) is 45.6 Å². The molecule has 1 rings (SSSR count). The van der Waals surface area contributed by atoms with Crippen molar-refractivity contribution in [3.05, 3.63) is 23.8 Å². The van der Waals surface area contributed by atoms with Crippen LogP contribution in [0.3, 0.4) is 0 Å². The van der Waals surface area contributed by atoms with E-state index in [1.54, 1.807) is 12.1 Å². The SMILES string of the molecule is CCCCC(C)Oc1ccc(CC(=O)O)cc1OC(C)CCCC. The summed E-state index contributed by atoms with van der Waals surface area (Å²) in [6, 6.07) is 5.45. The highest BCUT2D eigenvalue weighted by Gasteiger charge is 2.14. The maximum Gasteiger partial charge on any atom is 0.307 e. The van der Waals surface area contributed by atoms with Gasteiger partial charge in [0.2, 0.25) is 0 Å². The molecule has 4 nitrogen and oxygen atoms in total. The summed E-state index contributed by atoms with van der Waals surface area (Å²) in [7, 11) is 0. The lowest BCUT2D eigenvalue weighted by molar-refractivity contribution is -0.136. The zero-order valence-electron chi connectivity index (χ0n) is 15.5. The average molecular weight is 336 g/mol. The van der Waals surface area contributed by atoms with Crippen molar-refractivity contribution in [2.45, 2.75) is 84.8 Å². The van der Waals surface area contributed by atoms with E-state index in [4.69, 9.17) is 14.6 Å². The minimum Gasteiger partial charge on any atom is -0.487 e. The number of benzene rings is 1. The molecule has 0 spiro atoms. The van der Waals surface area contributed by atoms with Crippen molar-refractivity contribution in [3.8, 4) is 11.5 Å². The van der Waals surface area contributed by atoms with Gasteiger partial charge in [-0.3, -0.25) is 4.79 Å². The molecular weight excluding hydrogens is 304 g/mol. The van der Waals surface area contributed by atoms with Gasteiger partial charge >= 0.3 is 5.97 Å². The molecule has 0 aliphatic carbocycles. The molecule has 0 aliphatic rings. The smallest absolute Gasteiger partial charge is 0.307 e. The van der Waals surface area contributed by atoms with Crippen LogP contribution in [0.2, 0.25) is 0 Å². The topological polar surface area (TPSA) is 55.8 Å². The van der Waals surface area contributed by atoms with Gasteiger partial charge in [0.25, 0.3) is 0 Å². The van der Waals surface area contributed by atoms with Crippen LogP contribution >= 0.6 is 0 Å². The molecule has 4 heteroatoms. The minimum atomic E-state index is -0.843. The third-order valence-corrected chi connectivity index (χ3v) is 3.95. The highest BCUT2D eigenvalue weighted by atomic mass is 16.5. The van der Waals surface area contributed by atoms with Gasteiger partial charge in [-0.25, -0.2) is 0 Å². The number of unbranched alkanes of at least 4 members (excludes halogenated alkanes) is 2. The normalized spacial score (nSPS) is 13.3. The van der Waals surface area contributed by atoms with Gasteiger partial charge in [0.05, 0.1) is 18.6 Å². The van der Waals surface area contributed by atoms with Gasteiger partial charge in [0.1, 0.15) is 0 Å². The molecule has 0 heterocycles. The van der Waals surface area contributed by atoms with Crippen molar-refractivity contribution in [3.63, 3.8) is 0 Å². The van der Waals surface area contributed by atoms with Crippen molar-refractivity contribution >= 4 is 5.97 Å². The van der Waals surface area contributed by atoms with Crippen LogP contribution in [0.1, 0.15) is 71.8 Å². The van der Waals surface area contributed by atoms with Gasteiger partial charge in [-0.15, -0.1) is 0 Å². The van der Waals surface area contributed by atoms with Crippen molar-refractivity contribution in [1.82, 2.24) is 0 Å². The first kappa shape index (κ1) is 20.3. The third kappa shape index (κ3) is 7.71. The summed E-state index contributed by atoms with van der Waals surface area (Å²) >= 11 is 0. The zero-order valence-corrected chi connectivity index (χ0v) is 15.5. The summed E-state index contributed by atoms with van der Waals surface area (Å²) < 4.78 is 12.1. The number of rotatable bonds is 12. The Morgan fingerprint density at radius 2 is 1.54 bits per heavy atom. The van der Waals surface area contributed by atoms with Gasteiger partial charge in [-0.05, 0) is 44.4 Å². The van der Waals surface area contributed by atoms with E-state index in [0.29, 0.717) is 11.5 Å². The summed E-state index contributed by atoms with van der Waals surface area (Å²) in [4.78, 5) is 11.0. The Hall–Kier alpha value is -1.71. The van der Waals surface area contributed by atoms with E-state index in [9.17, 15) is 4.79 Å². The van der Waals surface area contributed by atoms with E-state index in [1.165, 1.54) is 0 Å². The second kappa shape index (κ2) is 11.0. The molecule has 0 fully saturated rings. The molecule has 2 unspecified atom stereocenters. The van der Waals surface area contributed by atoms with E-state index in [-0.39, 0.29) is 18.6 Å². The molecule has 0 radical (unpaired) electrons. The predicted octanol–water partition coefficient (Wildman–Crippen LogP) is 5.23. The van der Waals surface area contributed by atoms with E-state index < -0.39 is 5.97 Å². The molecule has 1 N–H and O–H groups in total. The summed E-state index contributed by atoms with van der Waals surface area (Å²) in [5.41, 5.74) is 0.730. The first-order valence-corrected chi connectivity index (χ1v) is 9.14. The van der Waals surface area contributed by atoms with Crippen LogP contribution in [0.4, 0.5) is 0 Å². The Morgan fingerprint density at radius 1 is 1.00 bits per heavy atom. The molecule has 136 valence electrons. The third-order valence-electron chi connectivity index (χ3n) is 3.95. The predicted molar refractivity (Wildman–Crippen MR) is 97.0 cm³/mol. The molecule has 0 bridgehead atoms. The molecule has 0 aromatic heterocycles.